The fraction of sp³-hybridized carbons (Fsp3) is 0.0476. The van der Waals surface area contributed by atoms with Crippen LogP contribution in [0, 0.1) is 11.3 Å². The Hall–Kier alpha value is -2.96. The van der Waals surface area contributed by atoms with Gasteiger partial charge in [-0.2, -0.15) is 5.26 Å². The highest BCUT2D eigenvalue weighted by Gasteiger charge is 2.31. The van der Waals surface area contributed by atoms with Gasteiger partial charge >= 0.3 is 0 Å². The van der Waals surface area contributed by atoms with E-state index in [1.54, 1.807) is 0 Å². The predicted molar refractivity (Wildman–Crippen MR) is 103 cm³/mol. The van der Waals surface area contributed by atoms with Gasteiger partial charge in [0, 0.05) is 6.21 Å². The van der Waals surface area contributed by atoms with Crippen molar-refractivity contribution in [2.45, 2.75) is 6.55 Å². The predicted octanol–water partition coefficient (Wildman–Crippen LogP) is 3.37. The van der Waals surface area contributed by atoms with Crippen molar-refractivity contribution in [3.05, 3.63) is 96.1 Å². The summed E-state index contributed by atoms with van der Waals surface area (Å²) in [6, 6.07) is 30.7. The molecule has 0 heterocycles. The molecule has 0 saturated carbocycles. The molecular formula is C21H18N2Si. The van der Waals surface area contributed by atoms with E-state index >= 15 is 0 Å². The highest BCUT2D eigenvalue weighted by molar-refractivity contribution is 7.00. The van der Waals surface area contributed by atoms with Crippen LogP contribution in [-0.2, 0) is 0 Å². The molecule has 0 aliphatic rings. The van der Waals surface area contributed by atoms with E-state index in [-0.39, 0.29) is 0 Å². The summed E-state index contributed by atoms with van der Waals surface area (Å²) in [6.45, 7) is 2.26. The quantitative estimate of drug-likeness (QED) is 0.535. The summed E-state index contributed by atoms with van der Waals surface area (Å²) in [5.41, 5.74) is 1.68. The Morgan fingerprint density at radius 1 is 0.792 bits per heavy atom. The highest BCUT2D eigenvalue weighted by atomic mass is 28.3. The van der Waals surface area contributed by atoms with Crippen molar-refractivity contribution in [2.75, 3.05) is 0 Å². The van der Waals surface area contributed by atoms with Crippen LogP contribution in [0.4, 0.5) is 0 Å². The average molecular weight is 326 g/mol. The third kappa shape index (κ3) is 3.34. The summed E-state index contributed by atoms with van der Waals surface area (Å²) in [4.78, 5) is 0. The molecule has 0 amide bonds. The first-order chi connectivity index (χ1) is 11.7. The second-order valence-corrected chi connectivity index (χ2v) is 9.35. The minimum absolute atomic E-state index is 0.665. The molecule has 3 aromatic rings. The third-order valence-corrected chi connectivity index (χ3v) is 7.74. The number of nitriles is 1. The van der Waals surface area contributed by atoms with Crippen LogP contribution in [0.5, 0.6) is 0 Å². The van der Waals surface area contributed by atoms with Crippen LogP contribution >= 0.6 is 0 Å². The lowest BCUT2D eigenvalue weighted by Crippen LogP contribution is -2.54. The normalized spacial score (nSPS) is 11.3. The molecule has 3 aromatic carbocycles. The largest absolute Gasteiger partial charge is 0.317 e. The lowest BCUT2D eigenvalue weighted by molar-refractivity contribution is 1.48. The maximum atomic E-state index is 8.91. The van der Waals surface area contributed by atoms with Crippen molar-refractivity contribution in [1.29, 1.82) is 5.26 Å². The lowest BCUT2D eigenvalue weighted by atomic mass is 10.2. The molecule has 0 aromatic heterocycles. The molecule has 0 spiro atoms. The first-order valence-electron chi connectivity index (χ1n) is 7.89. The van der Waals surface area contributed by atoms with Gasteiger partial charge in [0.15, 0.2) is 0 Å². The van der Waals surface area contributed by atoms with Crippen LogP contribution in [0.1, 0.15) is 11.1 Å². The topological polar surface area (TPSA) is 36.1 Å². The van der Waals surface area contributed by atoms with Gasteiger partial charge in [-0.25, -0.2) is 0 Å². The van der Waals surface area contributed by atoms with E-state index in [1.807, 2.05) is 42.6 Å². The van der Waals surface area contributed by atoms with Crippen molar-refractivity contribution in [1.82, 2.24) is 0 Å². The maximum Gasteiger partial charge on any atom is 0.239 e. The van der Waals surface area contributed by atoms with Crippen LogP contribution in [-0.4, -0.2) is 14.5 Å². The standard InChI is InChI=1S/C21H18N2Si/c1-24(20-8-4-2-5-9-20,21-10-6-3-7-11-21)23-17-19-14-12-18(16-22)13-15-19/h2-15,17H,1H3/b23-17+. The van der Waals surface area contributed by atoms with E-state index in [9.17, 15) is 0 Å². The molecule has 116 valence electrons. The van der Waals surface area contributed by atoms with Gasteiger partial charge in [0.05, 0.1) is 11.6 Å². The van der Waals surface area contributed by atoms with Gasteiger partial charge in [-0.3, -0.25) is 0 Å². The van der Waals surface area contributed by atoms with Gasteiger partial charge in [0.2, 0.25) is 8.24 Å². The van der Waals surface area contributed by atoms with Gasteiger partial charge in [-0.15, -0.1) is 0 Å². The van der Waals surface area contributed by atoms with Crippen molar-refractivity contribution in [2.24, 2.45) is 4.66 Å². The summed E-state index contributed by atoms with van der Waals surface area (Å²) in [5.74, 6) is 0. The van der Waals surface area contributed by atoms with Gasteiger partial charge in [-0.1, -0.05) is 72.8 Å². The molecule has 3 rings (SSSR count). The molecule has 0 radical (unpaired) electrons. The van der Waals surface area contributed by atoms with Gasteiger partial charge < -0.3 is 4.66 Å². The zero-order chi connectivity index (χ0) is 16.8. The molecular weight excluding hydrogens is 308 g/mol. The second kappa shape index (κ2) is 7.07. The SMILES string of the molecule is C[Si](/N=C/c1ccc(C#N)cc1)(c1ccccc1)c1ccccc1. The Balaban J connectivity index is 2.02. The first-order valence-corrected chi connectivity index (χ1v) is 10.3. The molecule has 0 unspecified atom stereocenters. The Kier molecular flexibility index (Phi) is 4.69. The van der Waals surface area contributed by atoms with E-state index in [0.717, 1.165) is 5.56 Å². The summed E-state index contributed by atoms with van der Waals surface area (Å²) < 4.78 is 5.05. The van der Waals surface area contributed by atoms with Crippen LogP contribution in [0.25, 0.3) is 0 Å². The molecule has 3 heteroatoms. The average Bonchev–Trinajstić information content (AvgIpc) is 2.68. The Labute approximate surface area is 143 Å². The first kappa shape index (κ1) is 15.9. The van der Waals surface area contributed by atoms with E-state index < -0.39 is 8.24 Å². The summed E-state index contributed by atoms with van der Waals surface area (Å²) in [5, 5.41) is 11.5. The third-order valence-electron chi connectivity index (χ3n) is 4.18. The molecule has 0 aliphatic heterocycles. The smallest absolute Gasteiger partial charge is 0.239 e. The highest BCUT2D eigenvalue weighted by Crippen LogP contribution is 2.09. The zero-order valence-electron chi connectivity index (χ0n) is 13.6. The van der Waals surface area contributed by atoms with Crippen LogP contribution in [0.2, 0.25) is 6.55 Å². The van der Waals surface area contributed by atoms with E-state index in [1.165, 1.54) is 10.4 Å². The van der Waals surface area contributed by atoms with Crippen molar-refractivity contribution in [3.63, 3.8) is 0 Å². The molecule has 0 saturated heterocycles. The van der Waals surface area contributed by atoms with E-state index in [0.29, 0.717) is 5.56 Å². The molecule has 0 atom stereocenters. The van der Waals surface area contributed by atoms with Crippen molar-refractivity contribution >= 4 is 24.8 Å². The van der Waals surface area contributed by atoms with Crippen LogP contribution in [0.3, 0.4) is 0 Å². The summed E-state index contributed by atoms with van der Waals surface area (Å²) in [6.07, 6.45) is 1.94. The van der Waals surface area contributed by atoms with Gasteiger partial charge in [0.25, 0.3) is 0 Å². The Bertz CT molecular complexity index is 824. The van der Waals surface area contributed by atoms with E-state index in [4.69, 9.17) is 9.92 Å². The fourth-order valence-electron chi connectivity index (χ4n) is 2.69. The lowest BCUT2D eigenvalue weighted by Gasteiger charge is -2.23. The summed E-state index contributed by atoms with van der Waals surface area (Å²) in [7, 11) is -2.20. The van der Waals surface area contributed by atoms with E-state index in [2.05, 4.69) is 61.1 Å². The number of benzene rings is 3. The summed E-state index contributed by atoms with van der Waals surface area (Å²) >= 11 is 0. The molecule has 0 aliphatic carbocycles. The second-order valence-electron chi connectivity index (χ2n) is 5.80. The monoisotopic (exact) mass is 326 g/mol. The number of rotatable bonds is 4. The van der Waals surface area contributed by atoms with Crippen molar-refractivity contribution < 1.29 is 0 Å². The van der Waals surface area contributed by atoms with Crippen molar-refractivity contribution in [3.8, 4) is 6.07 Å². The zero-order valence-corrected chi connectivity index (χ0v) is 14.6. The molecule has 0 bridgehead atoms. The molecule has 24 heavy (non-hydrogen) atoms. The van der Waals surface area contributed by atoms with Crippen LogP contribution in [0.15, 0.2) is 89.6 Å². The van der Waals surface area contributed by atoms with Gasteiger partial charge in [-0.05, 0) is 34.6 Å². The minimum atomic E-state index is -2.20. The van der Waals surface area contributed by atoms with Crippen LogP contribution < -0.4 is 10.4 Å². The molecule has 2 nitrogen and oxygen atoms in total. The maximum absolute atomic E-state index is 8.91. The number of hydrogen-bond donors (Lipinski definition) is 0. The Morgan fingerprint density at radius 2 is 1.29 bits per heavy atom. The fourth-order valence-corrected chi connectivity index (χ4v) is 5.41. The minimum Gasteiger partial charge on any atom is -0.317 e. The van der Waals surface area contributed by atoms with Gasteiger partial charge in [0.1, 0.15) is 0 Å². The number of nitrogens with zero attached hydrogens (tertiary/aromatic N) is 2. The Morgan fingerprint density at radius 3 is 1.75 bits per heavy atom. The molecule has 0 fully saturated rings. The molecule has 0 N–H and O–H groups in total. The number of hydrogen-bond acceptors (Lipinski definition) is 2.